The SMILES string of the molecule is CCc1ccc(OCCNC(=O)COc2ccc(C(C)C)cc2)cc1. The first-order valence-electron chi connectivity index (χ1n) is 8.79. The van der Waals surface area contributed by atoms with Gasteiger partial charge in [0.2, 0.25) is 0 Å². The highest BCUT2D eigenvalue weighted by Gasteiger charge is 2.04. The molecule has 0 unspecified atom stereocenters. The molecule has 0 saturated heterocycles. The van der Waals surface area contributed by atoms with Crippen molar-refractivity contribution in [2.45, 2.75) is 33.1 Å². The minimum Gasteiger partial charge on any atom is -0.492 e. The third kappa shape index (κ3) is 6.49. The zero-order valence-electron chi connectivity index (χ0n) is 15.2. The molecule has 25 heavy (non-hydrogen) atoms. The van der Waals surface area contributed by atoms with Crippen molar-refractivity contribution in [1.82, 2.24) is 5.32 Å². The van der Waals surface area contributed by atoms with Gasteiger partial charge in [0.1, 0.15) is 18.1 Å². The molecule has 2 aromatic rings. The number of carbonyl (C=O) groups is 1. The minimum absolute atomic E-state index is 0.00617. The molecule has 0 heterocycles. The number of amides is 1. The van der Waals surface area contributed by atoms with Gasteiger partial charge in [-0.2, -0.15) is 0 Å². The molecule has 1 N–H and O–H groups in total. The molecule has 0 atom stereocenters. The Morgan fingerprint density at radius 3 is 2.16 bits per heavy atom. The lowest BCUT2D eigenvalue weighted by Crippen LogP contribution is -2.32. The summed E-state index contributed by atoms with van der Waals surface area (Å²) in [5.41, 5.74) is 2.53. The number of hydrogen-bond donors (Lipinski definition) is 1. The molecule has 0 fully saturated rings. The fourth-order valence-corrected chi connectivity index (χ4v) is 2.33. The molecule has 0 radical (unpaired) electrons. The zero-order valence-corrected chi connectivity index (χ0v) is 15.2. The summed E-state index contributed by atoms with van der Waals surface area (Å²) in [5.74, 6) is 1.84. The van der Waals surface area contributed by atoms with Gasteiger partial charge in [0, 0.05) is 0 Å². The van der Waals surface area contributed by atoms with Crippen molar-refractivity contribution in [2.75, 3.05) is 19.8 Å². The molecule has 0 bridgehead atoms. The fraction of sp³-hybridized carbons (Fsp3) is 0.381. The van der Waals surface area contributed by atoms with E-state index in [1.165, 1.54) is 11.1 Å². The first kappa shape index (κ1) is 18.8. The summed E-state index contributed by atoms with van der Waals surface area (Å²) in [4.78, 5) is 11.8. The van der Waals surface area contributed by atoms with E-state index in [9.17, 15) is 4.79 Å². The Labute approximate surface area is 150 Å². The Balaban J connectivity index is 1.63. The summed E-state index contributed by atoms with van der Waals surface area (Å²) in [6.45, 7) is 7.29. The highest BCUT2D eigenvalue weighted by atomic mass is 16.5. The number of hydrogen-bond acceptors (Lipinski definition) is 3. The Morgan fingerprint density at radius 1 is 0.960 bits per heavy atom. The van der Waals surface area contributed by atoms with Crippen molar-refractivity contribution in [2.24, 2.45) is 0 Å². The van der Waals surface area contributed by atoms with Gasteiger partial charge in [-0.15, -0.1) is 0 Å². The normalized spacial score (nSPS) is 10.6. The quantitative estimate of drug-likeness (QED) is 0.703. The second-order valence-corrected chi connectivity index (χ2v) is 6.21. The van der Waals surface area contributed by atoms with Gasteiger partial charge < -0.3 is 14.8 Å². The van der Waals surface area contributed by atoms with Gasteiger partial charge in [-0.05, 0) is 47.7 Å². The highest BCUT2D eigenvalue weighted by molar-refractivity contribution is 5.77. The molecule has 4 heteroatoms. The molecule has 134 valence electrons. The number of aryl methyl sites for hydroxylation is 1. The Kier molecular flexibility index (Phi) is 7.33. The largest absolute Gasteiger partial charge is 0.492 e. The lowest BCUT2D eigenvalue weighted by atomic mass is 10.0. The van der Waals surface area contributed by atoms with Crippen LogP contribution >= 0.6 is 0 Å². The summed E-state index contributed by atoms with van der Waals surface area (Å²) in [7, 11) is 0. The molecule has 1 amide bonds. The minimum atomic E-state index is -0.155. The summed E-state index contributed by atoms with van der Waals surface area (Å²) >= 11 is 0. The Morgan fingerprint density at radius 2 is 1.56 bits per heavy atom. The van der Waals surface area contributed by atoms with Crippen LogP contribution in [-0.2, 0) is 11.2 Å². The van der Waals surface area contributed by atoms with Crippen LogP contribution in [-0.4, -0.2) is 25.7 Å². The van der Waals surface area contributed by atoms with Crippen molar-refractivity contribution < 1.29 is 14.3 Å². The van der Waals surface area contributed by atoms with E-state index < -0.39 is 0 Å². The summed E-state index contributed by atoms with van der Waals surface area (Å²) in [5, 5.41) is 2.79. The lowest BCUT2D eigenvalue weighted by Gasteiger charge is -2.10. The molecular formula is C21H27NO3. The number of benzene rings is 2. The third-order valence-electron chi connectivity index (χ3n) is 3.94. The smallest absolute Gasteiger partial charge is 0.258 e. The predicted octanol–water partition coefficient (Wildman–Crippen LogP) is 3.95. The van der Waals surface area contributed by atoms with Crippen LogP contribution in [0.15, 0.2) is 48.5 Å². The van der Waals surface area contributed by atoms with E-state index in [0.717, 1.165) is 12.2 Å². The Hall–Kier alpha value is -2.49. The van der Waals surface area contributed by atoms with E-state index in [-0.39, 0.29) is 12.5 Å². The molecule has 0 spiro atoms. The number of carbonyl (C=O) groups excluding carboxylic acids is 1. The van der Waals surface area contributed by atoms with Gasteiger partial charge >= 0.3 is 0 Å². The molecule has 4 nitrogen and oxygen atoms in total. The predicted molar refractivity (Wildman–Crippen MR) is 100 cm³/mol. The summed E-state index contributed by atoms with van der Waals surface area (Å²) < 4.78 is 11.1. The van der Waals surface area contributed by atoms with Gasteiger partial charge in [-0.3, -0.25) is 4.79 Å². The van der Waals surface area contributed by atoms with Gasteiger partial charge in [0.05, 0.1) is 6.54 Å². The fourth-order valence-electron chi connectivity index (χ4n) is 2.33. The molecule has 0 saturated carbocycles. The maximum atomic E-state index is 11.8. The molecule has 0 aliphatic carbocycles. The van der Waals surface area contributed by atoms with Crippen molar-refractivity contribution in [3.63, 3.8) is 0 Å². The summed E-state index contributed by atoms with van der Waals surface area (Å²) in [6.07, 6.45) is 1.01. The van der Waals surface area contributed by atoms with E-state index in [2.05, 4.69) is 26.1 Å². The van der Waals surface area contributed by atoms with Crippen LogP contribution in [0.25, 0.3) is 0 Å². The summed E-state index contributed by atoms with van der Waals surface area (Å²) in [6, 6.07) is 15.8. The molecular weight excluding hydrogens is 314 g/mol. The molecule has 2 aromatic carbocycles. The van der Waals surface area contributed by atoms with E-state index in [0.29, 0.717) is 24.8 Å². The van der Waals surface area contributed by atoms with Gasteiger partial charge in [0.15, 0.2) is 6.61 Å². The molecule has 0 aliphatic rings. The van der Waals surface area contributed by atoms with Crippen LogP contribution in [0, 0.1) is 0 Å². The van der Waals surface area contributed by atoms with Crippen molar-refractivity contribution in [1.29, 1.82) is 0 Å². The highest BCUT2D eigenvalue weighted by Crippen LogP contribution is 2.18. The van der Waals surface area contributed by atoms with Crippen LogP contribution in [0.5, 0.6) is 11.5 Å². The maximum absolute atomic E-state index is 11.8. The standard InChI is InChI=1S/C21H27NO3/c1-4-17-5-9-19(10-6-17)24-14-13-22-21(23)15-25-20-11-7-18(8-12-20)16(2)3/h5-12,16H,4,13-15H2,1-3H3,(H,22,23). The van der Waals surface area contributed by atoms with Gasteiger partial charge in [0.25, 0.3) is 5.91 Å². The monoisotopic (exact) mass is 341 g/mol. The number of nitrogens with one attached hydrogen (secondary N) is 1. The van der Waals surface area contributed by atoms with Gasteiger partial charge in [-0.25, -0.2) is 0 Å². The van der Waals surface area contributed by atoms with Crippen LogP contribution in [0.2, 0.25) is 0 Å². The van der Waals surface area contributed by atoms with E-state index in [4.69, 9.17) is 9.47 Å². The zero-order chi connectivity index (χ0) is 18.1. The first-order valence-corrected chi connectivity index (χ1v) is 8.79. The van der Waals surface area contributed by atoms with E-state index >= 15 is 0 Å². The third-order valence-corrected chi connectivity index (χ3v) is 3.94. The lowest BCUT2D eigenvalue weighted by molar-refractivity contribution is -0.123. The number of rotatable bonds is 9. The maximum Gasteiger partial charge on any atom is 0.258 e. The Bertz CT molecular complexity index is 648. The second-order valence-electron chi connectivity index (χ2n) is 6.21. The topological polar surface area (TPSA) is 47.6 Å². The van der Waals surface area contributed by atoms with Crippen molar-refractivity contribution >= 4 is 5.91 Å². The second kappa shape index (κ2) is 9.72. The van der Waals surface area contributed by atoms with Crippen molar-refractivity contribution in [3.05, 3.63) is 59.7 Å². The molecule has 0 aliphatic heterocycles. The first-order chi connectivity index (χ1) is 12.1. The average molecular weight is 341 g/mol. The average Bonchev–Trinajstić information content (AvgIpc) is 2.64. The van der Waals surface area contributed by atoms with Crippen LogP contribution in [0.3, 0.4) is 0 Å². The van der Waals surface area contributed by atoms with Crippen LogP contribution in [0.1, 0.15) is 37.8 Å². The van der Waals surface area contributed by atoms with E-state index in [1.54, 1.807) is 0 Å². The number of ether oxygens (including phenoxy) is 2. The van der Waals surface area contributed by atoms with Crippen molar-refractivity contribution in [3.8, 4) is 11.5 Å². The van der Waals surface area contributed by atoms with E-state index in [1.807, 2.05) is 48.5 Å². The molecule has 2 rings (SSSR count). The van der Waals surface area contributed by atoms with Crippen LogP contribution in [0.4, 0.5) is 0 Å². The van der Waals surface area contributed by atoms with Crippen LogP contribution < -0.4 is 14.8 Å². The van der Waals surface area contributed by atoms with Gasteiger partial charge in [-0.1, -0.05) is 45.0 Å². The molecule has 0 aromatic heterocycles.